The second-order valence-corrected chi connectivity index (χ2v) is 4.18. The lowest BCUT2D eigenvalue weighted by Gasteiger charge is -1.98. The zero-order valence-electron chi connectivity index (χ0n) is 9.56. The second kappa shape index (κ2) is 3.89. The van der Waals surface area contributed by atoms with Gasteiger partial charge in [-0.2, -0.15) is 0 Å². The van der Waals surface area contributed by atoms with Gasteiger partial charge in [-0.15, -0.1) is 0 Å². The van der Waals surface area contributed by atoms with Crippen LogP contribution < -0.4 is 5.73 Å². The first-order valence-corrected chi connectivity index (χ1v) is 5.66. The number of aromatic nitrogens is 1. The van der Waals surface area contributed by atoms with E-state index >= 15 is 0 Å². The molecule has 0 aliphatic rings. The van der Waals surface area contributed by atoms with Gasteiger partial charge in [0.2, 0.25) is 0 Å². The molecule has 3 rings (SSSR count). The molecule has 1 aromatic carbocycles. The smallest absolute Gasteiger partial charge is 0.352 e. The van der Waals surface area contributed by atoms with Crippen molar-refractivity contribution < 1.29 is 14.3 Å². The van der Waals surface area contributed by atoms with Crippen molar-refractivity contribution in [2.75, 3.05) is 6.54 Å². The summed E-state index contributed by atoms with van der Waals surface area (Å²) in [4.78, 5) is 14.1. The van der Waals surface area contributed by atoms with Gasteiger partial charge in [0.1, 0.15) is 11.3 Å². The van der Waals surface area contributed by atoms with Gasteiger partial charge < -0.3 is 20.2 Å². The molecule has 0 saturated carbocycles. The maximum absolute atomic E-state index is 11.2. The zero-order valence-corrected chi connectivity index (χ0v) is 9.56. The van der Waals surface area contributed by atoms with Gasteiger partial charge in [0.05, 0.1) is 11.8 Å². The molecule has 5 heteroatoms. The predicted octanol–water partition coefficient (Wildman–Crippen LogP) is 2.11. The Morgan fingerprint density at radius 3 is 3.00 bits per heavy atom. The standard InChI is InChI=1S/C13H12N2O3/c14-3-1-8-9-5-7-2-4-18-11(7)6-10(9)15-12(8)13(16)17/h2,4-6,15H,1,3,14H2,(H,16,17). The van der Waals surface area contributed by atoms with E-state index in [2.05, 4.69) is 4.98 Å². The van der Waals surface area contributed by atoms with E-state index in [-0.39, 0.29) is 5.69 Å². The maximum atomic E-state index is 11.2. The molecule has 5 nitrogen and oxygen atoms in total. The van der Waals surface area contributed by atoms with Crippen LogP contribution in [0, 0.1) is 0 Å². The minimum atomic E-state index is -0.966. The van der Waals surface area contributed by atoms with E-state index in [9.17, 15) is 9.90 Å². The van der Waals surface area contributed by atoms with Gasteiger partial charge >= 0.3 is 5.97 Å². The highest BCUT2D eigenvalue weighted by atomic mass is 16.4. The highest BCUT2D eigenvalue weighted by Gasteiger charge is 2.17. The number of hydrogen-bond donors (Lipinski definition) is 3. The van der Waals surface area contributed by atoms with Crippen LogP contribution in [0.4, 0.5) is 0 Å². The molecule has 0 bridgehead atoms. The molecule has 18 heavy (non-hydrogen) atoms. The first kappa shape index (κ1) is 10.9. The summed E-state index contributed by atoms with van der Waals surface area (Å²) in [6.45, 7) is 0.413. The van der Waals surface area contributed by atoms with Gasteiger partial charge in [-0.3, -0.25) is 0 Å². The van der Waals surface area contributed by atoms with Crippen LogP contribution in [0.1, 0.15) is 16.1 Å². The van der Waals surface area contributed by atoms with Crippen LogP contribution in [0.3, 0.4) is 0 Å². The van der Waals surface area contributed by atoms with Crippen molar-refractivity contribution in [1.29, 1.82) is 0 Å². The fraction of sp³-hybridized carbons (Fsp3) is 0.154. The SMILES string of the molecule is NCCc1c(C(=O)O)[nH]c2cc3occc3cc12. The van der Waals surface area contributed by atoms with Crippen LogP contribution in [0.15, 0.2) is 28.9 Å². The van der Waals surface area contributed by atoms with Crippen molar-refractivity contribution in [2.45, 2.75) is 6.42 Å². The van der Waals surface area contributed by atoms with Crippen molar-refractivity contribution in [3.05, 3.63) is 35.7 Å². The highest BCUT2D eigenvalue weighted by molar-refractivity contribution is 6.02. The monoisotopic (exact) mass is 244 g/mol. The third-order valence-corrected chi connectivity index (χ3v) is 3.09. The summed E-state index contributed by atoms with van der Waals surface area (Å²) < 4.78 is 5.30. The Kier molecular flexibility index (Phi) is 2.34. The van der Waals surface area contributed by atoms with Crippen LogP contribution in [0.2, 0.25) is 0 Å². The van der Waals surface area contributed by atoms with Crippen molar-refractivity contribution in [3.63, 3.8) is 0 Å². The van der Waals surface area contributed by atoms with Crippen LogP contribution in [0.5, 0.6) is 0 Å². The first-order chi connectivity index (χ1) is 8.70. The Balaban J connectivity index is 2.36. The topological polar surface area (TPSA) is 92.3 Å². The van der Waals surface area contributed by atoms with E-state index < -0.39 is 5.97 Å². The number of fused-ring (bicyclic) bond motifs is 2. The van der Waals surface area contributed by atoms with E-state index in [1.165, 1.54) is 0 Å². The van der Waals surface area contributed by atoms with E-state index in [1.54, 1.807) is 6.26 Å². The normalized spacial score (nSPS) is 11.4. The summed E-state index contributed by atoms with van der Waals surface area (Å²) in [5.41, 5.74) is 8.01. The lowest BCUT2D eigenvalue weighted by molar-refractivity contribution is 0.0690. The van der Waals surface area contributed by atoms with Crippen LogP contribution >= 0.6 is 0 Å². The van der Waals surface area contributed by atoms with Gasteiger partial charge in [-0.1, -0.05) is 0 Å². The Hall–Kier alpha value is -2.27. The molecular weight excluding hydrogens is 232 g/mol. The summed E-state index contributed by atoms with van der Waals surface area (Å²) in [6, 6.07) is 5.60. The number of aromatic carboxylic acids is 1. The molecule has 2 heterocycles. The third kappa shape index (κ3) is 1.48. The summed E-state index contributed by atoms with van der Waals surface area (Å²) in [5.74, 6) is -0.966. The fourth-order valence-electron chi connectivity index (χ4n) is 2.29. The minimum absolute atomic E-state index is 0.211. The summed E-state index contributed by atoms with van der Waals surface area (Å²) in [6.07, 6.45) is 2.15. The van der Waals surface area contributed by atoms with Crippen LogP contribution in [-0.4, -0.2) is 22.6 Å². The molecule has 0 atom stereocenters. The van der Waals surface area contributed by atoms with Crippen molar-refractivity contribution >= 4 is 27.8 Å². The lowest BCUT2D eigenvalue weighted by atomic mass is 10.1. The average Bonchev–Trinajstić information content (AvgIpc) is 2.91. The number of aromatic amines is 1. The average molecular weight is 244 g/mol. The largest absolute Gasteiger partial charge is 0.477 e. The van der Waals surface area contributed by atoms with E-state index in [4.69, 9.17) is 10.2 Å². The molecule has 92 valence electrons. The van der Waals surface area contributed by atoms with Crippen LogP contribution in [0.25, 0.3) is 21.9 Å². The predicted molar refractivity (Wildman–Crippen MR) is 67.8 cm³/mol. The third-order valence-electron chi connectivity index (χ3n) is 3.09. The number of nitrogens with two attached hydrogens (primary N) is 1. The number of carboxylic acid groups (broad SMARTS) is 1. The number of hydrogen-bond acceptors (Lipinski definition) is 3. The molecule has 0 unspecified atom stereocenters. The molecule has 0 fully saturated rings. The molecule has 3 aromatic rings. The van der Waals surface area contributed by atoms with Gasteiger partial charge in [-0.05, 0) is 30.7 Å². The van der Waals surface area contributed by atoms with E-state index in [0.717, 1.165) is 27.4 Å². The summed E-state index contributed by atoms with van der Waals surface area (Å²) >= 11 is 0. The lowest BCUT2D eigenvalue weighted by Crippen LogP contribution is -2.07. The number of H-pyrrole nitrogens is 1. The molecular formula is C13H12N2O3. The van der Waals surface area contributed by atoms with Crippen molar-refractivity contribution in [2.24, 2.45) is 5.73 Å². The molecule has 2 aromatic heterocycles. The van der Waals surface area contributed by atoms with Crippen LogP contribution in [-0.2, 0) is 6.42 Å². The van der Waals surface area contributed by atoms with Crippen molar-refractivity contribution in [1.82, 2.24) is 4.98 Å². The molecule has 0 spiro atoms. The Bertz CT molecular complexity index is 739. The maximum Gasteiger partial charge on any atom is 0.352 e. The molecule has 0 aliphatic heterocycles. The van der Waals surface area contributed by atoms with Gasteiger partial charge in [0.15, 0.2) is 0 Å². The Labute approximate surface area is 102 Å². The number of furan rings is 1. The number of carbonyl (C=O) groups is 1. The number of carboxylic acids is 1. The molecule has 0 aliphatic carbocycles. The number of benzene rings is 1. The molecule has 4 N–H and O–H groups in total. The quantitative estimate of drug-likeness (QED) is 0.658. The molecule has 0 radical (unpaired) electrons. The Morgan fingerprint density at radius 1 is 1.44 bits per heavy atom. The molecule has 0 saturated heterocycles. The summed E-state index contributed by atoms with van der Waals surface area (Å²) in [7, 11) is 0. The number of rotatable bonds is 3. The second-order valence-electron chi connectivity index (χ2n) is 4.18. The zero-order chi connectivity index (χ0) is 12.7. The Morgan fingerprint density at radius 2 is 2.28 bits per heavy atom. The van der Waals surface area contributed by atoms with E-state index in [1.807, 2.05) is 18.2 Å². The van der Waals surface area contributed by atoms with E-state index in [0.29, 0.717) is 13.0 Å². The minimum Gasteiger partial charge on any atom is -0.477 e. The van der Waals surface area contributed by atoms with Crippen molar-refractivity contribution in [3.8, 4) is 0 Å². The highest BCUT2D eigenvalue weighted by Crippen LogP contribution is 2.28. The fourth-order valence-corrected chi connectivity index (χ4v) is 2.29. The van der Waals surface area contributed by atoms with Gasteiger partial charge in [0.25, 0.3) is 0 Å². The summed E-state index contributed by atoms with van der Waals surface area (Å²) in [5, 5.41) is 11.0. The number of nitrogens with one attached hydrogen (secondary N) is 1. The van der Waals surface area contributed by atoms with Gasteiger partial charge in [-0.25, -0.2) is 4.79 Å². The molecule has 0 amide bonds. The first-order valence-electron chi connectivity index (χ1n) is 5.66. The van der Waals surface area contributed by atoms with Gasteiger partial charge in [0, 0.05) is 16.8 Å².